The van der Waals surface area contributed by atoms with Crippen molar-refractivity contribution in [2.24, 2.45) is 0 Å². The first-order chi connectivity index (χ1) is 12.5. The lowest BCUT2D eigenvalue weighted by Crippen LogP contribution is -2.21. The summed E-state index contributed by atoms with van der Waals surface area (Å²) in [5.74, 6) is 1.03. The summed E-state index contributed by atoms with van der Waals surface area (Å²) in [6.45, 7) is 9.00. The van der Waals surface area contributed by atoms with Crippen LogP contribution in [-0.2, 0) is 0 Å². The molecule has 1 aromatic heterocycles. The Kier molecular flexibility index (Phi) is 7.38. The molecule has 3 N–H and O–H groups in total. The second-order valence-electron chi connectivity index (χ2n) is 6.58. The van der Waals surface area contributed by atoms with E-state index in [2.05, 4.69) is 32.8 Å². The van der Waals surface area contributed by atoms with Gasteiger partial charge in [0.05, 0.1) is 0 Å². The van der Waals surface area contributed by atoms with E-state index in [0.717, 1.165) is 35.7 Å². The first-order valence-corrected chi connectivity index (χ1v) is 9.22. The summed E-state index contributed by atoms with van der Waals surface area (Å²) in [5.41, 5.74) is 3.86. The molecule has 0 aliphatic rings. The maximum atomic E-state index is 12.2. The third-order valence-electron chi connectivity index (χ3n) is 4.18. The van der Waals surface area contributed by atoms with Crippen molar-refractivity contribution in [3.8, 4) is 0 Å². The molecule has 0 fully saturated rings. The molecule has 0 atom stereocenters. The number of aryl methyl sites for hydroxylation is 3. The fraction of sp³-hybridized carbons (Fsp3) is 0.450. The van der Waals surface area contributed by atoms with Crippen molar-refractivity contribution in [1.82, 2.24) is 9.97 Å². The van der Waals surface area contributed by atoms with Gasteiger partial charge >= 0.3 is 6.03 Å². The van der Waals surface area contributed by atoms with Crippen LogP contribution in [0.4, 0.5) is 22.2 Å². The monoisotopic (exact) mass is 355 g/mol. The van der Waals surface area contributed by atoms with E-state index in [0.29, 0.717) is 5.95 Å². The predicted molar refractivity (Wildman–Crippen MR) is 108 cm³/mol. The minimum absolute atomic E-state index is 0.294. The molecule has 1 aromatic carbocycles. The van der Waals surface area contributed by atoms with Crippen molar-refractivity contribution in [2.45, 2.75) is 53.4 Å². The van der Waals surface area contributed by atoms with Gasteiger partial charge in [-0.15, -0.1) is 0 Å². The number of nitrogens with zero attached hydrogens (tertiary/aromatic N) is 2. The summed E-state index contributed by atoms with van der Waals surface area (Å²) >= 11 is 0. The maximum Gasteiger partial charge on any atom is 0.326 e. The Balaban J connectivity index is 1.93. The molecule has 2 rings (SSSR count). The molecule has 0 saturated heterocycles. The van der Waals surface area contributed by atoms with Crippen LogP contribution in [-0.4, -0.2) is 22.5 Å². The van der Waals surface area contributed by atoms with Crippen LogP contribution in [0.2, 0.25) is 0 Å². The number of anilines is 3. The lowest BCUT2D eigenvalue weighted by atomic mass is 10.1. The van der Waals surface area contributed by atoms with E-state index >= 15 is 0 Å². The van der Waals surface area contributed by atoms with Crippen LogP contribution in [0.15, 0.2) is 24.3 Å². The van der Waals surface area contributed by atoms with E-state index in [1.807, 2.05) is 45.0 Å². The Hall–Kier alpha value is -2.63. The average molecular weight is 355 g/mol. The number of urea groups is 1. The standard InChI is InChI=1S/C20H29N5O/c1-5-6-7-8-11-21-18-13-16(4)22-19(24-18)25-20(26)23-17-10-9-14(2)15(3)12-17/h9-10,12-13H,5-8,11H2,1-4H3,(H3,21,22,23,24,25,26). The first kappa shape index (κ1) is 19.7. The molecule has 2 aromatic rings. The summed E-state index contributed by atoms with van der Waals surface area (Å²) < 4.78 is 0. The summed E-state index contributed by atoms with van der Waals surface area (Å²) in [5, 5.41) is 8.82. The van der Waals surface area contributed by atoms with Gasteiger partial charge in [0, 0.05) is 24.0 Å². The Morgan fingerprint density at radius 1 is 0.962 bits per heavy atom. The highest BCUT2D eigenvalue weighted by Gasteiger charge is 2.08. The number of hydrogen-bond donors (Lipinski definition) is 3. The number of nitrogens with one attached hydrogen (secondary N) is 3. The molecule has 0 unspecified atom stereocenters. The van der Waals surface area contributed by atoms with Crippen LogP contribution in [0, 0.1) is 20.8 Å². The molecule has 26 heavy (non-hydrogen) atoms. The average Bonchev–Trinajstić information content (AvgIpc) is 2.57. The molecular formula is C20H29N5O. The molecule has 0 saturated carbocycles. The van der Waals surface area contributed by atoms with Crippen LogP contribution in [0.3, 0.4) is 0 Å². The van der Waals surface area contributed by atoms with Crippen molar-refractivity contribution in [1.29, 1.82) is 0 Å². The van der Waals surface area contributed by atoms with Gasteiger partial charge < -0.3 is 10.6 Å². The summed E-state index contributed by atoms with van der Waals surface area (Å²) in [4.78, 5) is 20.9. The van der Waals surface area contributed by atoms with Crippen molar-refractivity contribution in [3.63, 3.8) is 0 Å². The molecule has 0 bridgehead atoms. The SMILES string of the molecule is CCCCCCNc1cc(C)nc(NC(=O)Nc2ccc(C)c(C)c2)n1. The molecule has 140 valence electrons. The lowest BCUT2D eigenvalue weighted by molar-refractivity contribution is 0.262. The van der Waals surface area contributed by atoms with Crippen molar-refractivity contribution in [2.75, 3.05) is 22.5 Å². The van der Waals surface area contributed by atoms with E-state index in [1.54, 1.807) is 0 Å². The molecule has 6 nitrogen and oxygen atoms in total. The van der Waals surface area contributed by atoms with Gasteiger partial charge in [-0.25, -0.2) is 9.78 Å². The van der Waals surface area contributed by atoms with Crippen LogP contribution in [0.1, 0.15) is 49.4 Å². The number of unbranched alkanes of at least 4 members (excludes halogenated alkanes) is 3. The number of aromatic nitrogens is 2. The normalized spacial score (nSPS) is 10.5. The number of carbonyl (C=O) groups excluding carboxylic acids is 1. The molecule has 0 aliphatic heterocycles. The van der Waals surface area contributed by atoms with Gasteiger partial charge in [0.1, 0.15) is 5.82 Å². The van der Waals surface area contributed by atoms with Gasteiger partial charge in [0.15, 0.2) is 0 Å². The van der Waals surface area contributed by atoms with E-state index in [4.69, 9.17) is 0 Å². The zero-order valence-electron chi connectivity index (χ0n) is 16.1. The maximum absolute atomic E-state index is 12.2. The molecule has 1 heterocycles. The van der Waals surface area contributed by atoms with Gasteiger partial charge in [0.2, 0.25) is 5.95 Å². The smallest absolute Gasteiger partial charge is 0.326 e. The Bertz CT molecular complexity index is 745. The van der Waals surface area contributed by atoms with Gasteiger partial charge in [-0.05, 0) is 50.5 Å². The highest BCUT2D eigenvalue weighted by atomic mass is 16.2. The summed E-state index contributed by atoms with van der Waals surface area (Å²) in [6.07, 6.45) is 4.77. The fourth-order valence-corrected chi connectivity index (χ4v) is 2.57. The topological polar surface area (TPSA) is 78.9 Å². The highest BCUT2D eigenvalue weighted by Crippen LogP contribution is 2.15. The number of amides is 2. The van der Waals surface area contributed by atoms with Gasteiger partial charge in [-0.2, -0.15) is 4.98 Å². The number of carbonyl (C=O) groups is 1. The predicted octanol–water partition coefficient (Wildman–Crippen LogP) is 5.04. The molecule has 0 aliphatic carbocycles. The zero-order valence-corrected chi connectivity index (χ0v) is 16.1. The first-order valence-electron chi connectivity index (χ1n) is 9.22. The van der Waals surface area contributed by atoms with E-state index in [-0.39, 0.29) is 6.03 Å². The van der Waals surface area contributed by atoms with Crippen LogP contribution < -0.4 is 16.0 Å². The number of benzene rings is 1. The Morgan fingerprint density at radius 2 is 1.77 bits per heavy atom. The van der Waals surface area contributed by atoms with E-state index in [9.17, 15) is 4.79 Å². The minimum atomic E-state index is -0.354. The highest BCUT2D eigenvalue weighted by molar-refractivity contribution is 5.98. The van der Waals surface area contributed by atoms with Crippen molar-refractivity contribution < 1.29 is 4.79 Å². The second kappa shape index (κ2) is 9.75. The van der Waals surface area contributed by atoms with E-state index in [1.165, 1.54) is 24.8 Å². The molecule has 2 amide bonds. The Labute approximate surface area is 155 Å². The molecular weight excluding hydrogens is 326 g/mol. The van der Waals surface area contributed by atoms with Crippen LogP contribution in [0.25, 0.3) is 0 Å². The van der Waals surface area contributed by atoms with Gasteiger partial charge in [-0.1, -0.05) is 32.3 Å². The van der Waals surface area contributed by atoms with Crippen molar-refractivity contribution in [3.05, 3.63) is 41.1 Å². The molecule has 6 heteroatoms. The zero-order chi connectivity index (χ0) is 18.9. The van der Waals surface area contributed by atoms with Crippen LogP contribution >= 0.6 is 0 Å². The minimum Gasteiger partial charge on any atom is -0.370 e. The summed E-state index contributed by atoms with van der Waals surface area (Å²) in [7, 11) is 0. The fourth-order valence-electron chi connectivity index (χ4n) is 2.57. The van der Waals surface area contributed by atoms with Gasteiger partial charge in [0.25, 0.3) is 0 Å². The second-order valence-corrected chi connectivity index (χ2v) is 6.58. The van der Waals surface area contributed by atoms with Crippen molar-refractivity contribution >= 4 is 23.5 Å². The van der Waals surface area contributed by atoms with E-state index < -0.39 is 0 Å². The van der Waals surface area contributed by atoms with Crippen LogP contribution in [0.5, 0.6) is 0 Å². The van der Waals surface area contributed by atoms with Gasteiger partial charge in [-0.3, -0.25) is 5.32 Å². The number of hydrogen-bond acceptors (Lipinski definition) is 4. The summed E-state index contributed by atoms with van der Waals surface area (Å²) in [6, 6.07) is 7.33. The third-order valence-corrected chi connectivity index (χ3v) is 4.18. The quantitative estimate of drug-likeness (QED) is 0.580. The lowest BCUT2D eigenvalue weighted by Gasteiger charge is -2.11. The number of rotatable bonds is 8. The Morgan fingerprint density at radius 3 is 2.50 bits per heavy atom. The molecule has 0 spiro atoms. The largest absolute Gasteiger partial charge is 0.370 e. The third kappa shape index (κ3) is 6.35. The molecule has 0 radical (unpaired) electrons.